The number of esters is 1. The molecular weight excluding hydrogens is 407 g/mol. The maximum absolute atomic E-state index is 13.5. The average molecular weight is 423 g/mol. The van der Waals surface area contributed by atoms with Gasteiger partial charge in [-0.05, 0) is 24.3 Å². The van der Waals surface area contributed by atoms with Gasteiger partial charge in [-0.3, -0.25) is 9.59 Å². The molecule has 0 saturated carbocycles. The second-order valence-corrected chi connectivity index (χ2v) is 7.59. The zero-order valence-corrected chi connectivity index (χ0v) is 16.0. The van der Waals surface area contributed by atoms with Gasteiger partial charge in [0, 0.05) is 6.42 Å². The lowest BCUT2D eigenvalue weighted by molar-refractivity contribution is -0.141. The number of fused-ring (bicyclic) bond motifs is 5. The monoisotopic (exact) mass is 423 g/mol. The summed E-state index contributed by atoms with van der Waals surface area (Å²) in [4.78, 5) is 25.7. The summed E-state index contributed by atoms with van der Waals surface area (Å²) in [6, 6.07) is 9.36. The third-order valence-electron chi connectivity index (χ3n) is 4.62. The molecule has 10 heteroatoms. The number of hydrogen-bond acceptors (Lipinski definition) is 6. The highest BCUT2D eigenvalue weighted by Gasteiger charge is 2.42. The lowest BCUT2D eigenvalue weighted by atomic mass is 10.1. The molecule has 0 bridgehead atoms. The summed E-state index contributed by atoms with van der Waals surface area (Å²) in [6.07, 6.45) is -4.91. The summed E-state index contributed by atoms with van der Waals surface area (Å²) in [5, 5.41) is 5.79. The zero-order chi connectivity index (χ0) is 20.8. The Hall–Kier alpha value is -2.88. The van der Waals surface area contributed by atoms with E-state index in [2.05, 4.69) is 15.4 Å². The fourth-order valence-corrected chi connectivity index (χ4v) is 4.54. The van der Waals surface area contributed by atoms with Gasteiger partial charge in [-0.1, -0.05) is 23.9 Å². The van der Waals surface area contributed by atoms with E-state index >= 15 is 0 Å². The molecule has 0 unspecified atom stereocenters. The van der Waals surface area contributed by atoms with Crippen LogP contribution in [-0.4, -0.2) is 24.5 Å². The molecule has 1 amide bonds. The van der Waals surface area contributed by atoms with E-state index in [9.17, 15) is 22.8 Å². The molecular formula is C19H16F3N3O3S. The summed E-state index contributed by atoms with van der Waals surface area (Å²) in [7, 11) is 1.20. The number of thioether (sulfide) groups is 1. The Bertz CT molecular complexity index is 996. The maximum atomic E-state index is 13.5. The summed E-state index contributed by atoms with van der Waals surface area (Å²) >= 11 is 1.32. The Morgan fingerprint density at radius 2 is 1.97 bits per heavy atom. The number of nitrogens with one attached hydrogen (secondary N) is 2. The van der Waals surface area contributed by atoms with Crippen molar-refractivity contribution in [2.75, 3.05) is 22.6 Å². The van der Waals surface area contributed by atoms with Crippen LogP contribution in [0.3, 0.4) is 0 Å². The number of benzene rings is 2. The van der Waals surface area contributed by atoms with Crippen LogP contribution >= 0.6 is 11.8 Å². The molecule has 152 valence electrons. The van der Waals surface area contributed by atoms with Crippen molar-refractivity contribution in [2.24, 2.45) is 0 Å². The first-order valence-electron chi connectivity index (χ1n) is 8.71. The number of anilines is 4. The minimum atomic E-state index is -4.57. The van der Waals surface area contributed by atoms with Crippen molar-refractivity contribution in [1.29, 1.82) is 0 Å². The molecule has 0 fully saturated rings. The van der Waals surface area contributed by atoms with Crippen molar-refractivity contribution < 1.29 is 27.5 Å². The Kier molecular flexibility index (Phi) is 4.81. The van der Waals surface area contributed by atoms with Gasteiger partial charge in [0.25, 0.3) is 0 Å². The molecule has 0 aromatic heterocycles. The predicted molar refractivity (Wildman–Crippen MR) is 103 cm³/mol. The molecule has 0 spiro atoms. The fourth-order valence-electron chi connectivity index (χ4n) is 3.28. The first kappa shape index (κ1) is 19.4. The molecule has 2 aliphatic rings. The molecule has 6 nitrogen and oxygen atoms in total. The topological polar surface area (TPSA) is 70.7 Å². The second kappa shape index (κ2) is 7.18. The van der Waals surface area contributed by atoms with Crippen LogP contribution in [0.4, 0.5) is 35.9 Å². The van der Waals surface area contributed by atoms with Crippen LogP contribution in [0.15, 0.2) is 41.3 Å². The van der Waals surface area contributed by atoms with Crippen LogP contribution in [-0.2, 0) is 20.5 Å². The zero-order valence-electron chi connectivity index (χ0n) is 15.2. The van der Waals surface area contributed by atoms with Gasteiger partial charge in [-0.2, -0.15) is 13.2 Å². The predicted octanol–water partition coefficient (Wildman–Crippen LogP) is 4.55. The van der Waals surface area contributed by atoms with E-state index in [4.69, 9.17) is 0 Å². The van der Waals surface area contributed by atoms with Crippen LogP contribution in [0, 0.1) is 0 Å². The van der Waals surface area contributed by atoms with Crippen molar-refractivity contribution >= 4 is 46.4 Å². The number of halogens is 3. The van der Waals surface area contributed by atoms with E-state index in [1.165, 1.54) is 18.9 Å². The van der Waals surface area contributed by atoms with E-state index in [-0.39, 0.29) is 24.0 Å². The van der Waals surface area contributed by atoms with Crippen LogP contribution in [0.5, 0.6) is 0 Å². The van der Waals surface area contributed by atoms with E-state index in [1.54, 1.807) is 4.90 Å². The molecule has 2 aromatic carbocycles. The number of carbonyl (C=O) groups excluding carboxylic acids is 2. The van der Waals surface area contributed by atoms with Crippen molar-refractivity contribution in [3.63, 3.8) is 0 Å². The summed E-state index contributed by atoms with van der Waals surface area (Å²) < 4.78 is 45.0. The van der Waals surface area contributed by atoms with Crippen LogP contribution in [0.25, 0.3) is 0 Å². The highest BCUT2D eigenvalue weighted by molar-refractivity contribution is 8.00. The summed E-state index contributed by atoms with van der Waals surface area (Å²) in [5.41, 5.74) is 0.878. The molecule has 29 heavy (non-hydrogen) atoms. The number of nitrogens with zero attached hydrogens (tertiary/aromatic N) is 1. The summed E-state index contributed by atoms with van der Waals surface area (Å²) in [6.45, 7) is 0. The van der Waals surface area contributed by atoms with Crippen molar-refractivity contribution in [2.45, 2.75) is 29.4 Å². The fraction of sp³-hybridized carbons (Fsp3) is 0.263. The minimum Gasteiger partial charge on any atom is -0.469 e. The van der Waals surface area contributed by atoms with Crippen molar-refractivity contribution in [3.05, 3.63) is 42.0 Å². The van der Waals surface area contributed by atoms with Gasteiger partial charge in [0.05, 0.1) is 46.7 Å². The Balaban J connectivity index is 1.70. The van der Waals surface area contributed by atoms with Crippen LogP contribution in [0.2, 0.25) is 0 Å². The van der Waals surface area contributed by atoms with Gasteiger partial charge >= 0.3 is 12.1 Å². The lowest BCUT2D eigenvalue weighted by Gasteiger charge is -2.20. The number of amides is 1. The molecule has 2 N–H and O–H groups in total. The molecule has 2 aliphatic heterocycles. The third-order valence-corrected chi connectivity index (χ3v) is 5.84. The van der Waals surface area contributed by atoms with E-state index in [0.717, 1.165) is 23.5 Å². The second-order valence-electron chi connectivity index (χ2n) is 6.50. The van der Waals surface area contributed by atoms with Crippen molar-refractivity contribution in [3.8, 4) is 0 Å². The Morgan fingerprint density at radius 3 is 2.69 bits per heavy atom. The van der Waals surface area contributed by atoms with Gasteiger partial charge in [0.1, 0.15) is 0 Å². The molecule has 2 aromatic rings. The van der Waals surface area contributed by atoms with Crippen molar-refractivity contribution in [1.82, 2.24) is 0 Å². The standard InChI is InChI=1S/C19H16F3N3O3S/c1-28-16(27)7-6-15(26)23-12-8-10(19(20,21)22)9-14-17(12)29-18-24-11-4-2-3-5-13(11)25(14)18/h2-5,8-9,18,24H,6-7H2,1H3,(H,23,26)/t18-/m0/s1. The number of hydrogen-bond donors (Lipinski definition) is 2. The largest absolute Gasteiger partial charge is 0.469 e. The quantitative estimate of drug-likeness (QED) is 0.703. The van der Waals surface area contributed by atoms with E-state index in [1.807, 2.05) is 24.3 Å². The maximum Gasteiger partial charge on any atom is 0.416 e. The molecule has 4 rings (SSSR count). The molecule has 0 aliphatic carbocycles. The number of carbonyl (C=O) groups is 2. The number of ether oxygens (including phenoxy) is 1. The number of methoxy groups -OCH3 is 1. The average Bonchev–Trinajstić information content (AvgIpc) is 3.21. The van der Waals surface area contributed by atoms with Crippen LogP contribution < -0.4 is 15.5 Å². The van der Waals surface area contributed by atoms with Gasteiger partial charge in [0.15, 0.2) is 5.50 Å². The Morgan fingerprint density at radius 1 is 1.21 bits per heavy atom. The van der Waals surface area contributed by atoms with Crippen LogP contribution in [0.1, 0.15) is 18.4 Å². The number of alkyl halides is 3. The SMILES string of the molecule is COC(=O)CCC(=O)Nc1cc(C(F)(F)F)cc2c1S[C@H]1Nc3ccccc3N21. The molecule has 0 radical (unpaired) electrons. The lowest BCUT2D eigenvalue weighted by Crippen LogP contribution is -2.23. The highest BCUT2D eigenvalue weighted by atomic mass is 32.2. The molecule has 2 heterocycles. The number of para-hydroxylation sites is 2. The molecule has 0 saturated heterocycles. The smallest absolute Gasteiger partial charge is 0.416 e. The third kappa shape index (κ3) is 3.59. The minimum absolute atomic E-state index is 0.0726. The normalized spacial score (nSPS) is 16.6. The molecule has 1 atom stereocenters. The van der Waals surface area contributed by atoms with E-state index < -0.39 is 23.6 Å². The first-order valence-corrected chi connectivity index (χ1v) is 9.59. The van der Waals surface area contributed by atoms with Gasteiger partial charge in [0.2, 0.25) is 5.91 Å². The summed E-state index contributed by atoms with van der Waals surface area (Å²) in [5.74, 6) is -1.12. The first-order chi connectivity index (χ1) is 13.8. The number of rotatable bonds is 4. The van der Waals surface area contributed by atoms with E-state index in [0.29, 0.717) is 10.6 Å². The van der Waals surface area contributed by atoms with Gasteiger partial charge in [-0.25, -0.2) is 0 Å². The van der Waals surface area contributed by atoms with Gasteiger partial charge in [-0.15, -0.1) is 0 Å². The highest BCUT2D eigenvalue weighted by Crippen LogP contribution is 2.56. The van der Waals surface area contributed by atoms with Gasteiger partial charge < -0.3 is 20.3 Å². The Labute approximate surface area is 168 Å².